The molecule has 0 amide bonds. The van der Waals surface area contributed by atoms with Gasteiger partial charge in [-0.05, 0) is 0 Å². The predicted molar refractivity (Wildman–Crippen MR) is 80.9 cm³/mol. The van der Waals surface area contributed by atoms with Gasteiger partial charge in [-0.3, -0.25) is 10.6 Å². The number of fused-ring (bicyclic) bond motifs is 1. The lowest BCUT2D eigenvalue weighted by Gasteiger charge is -2.34. The number of aliphatic hydroxyl groups excluding tert-OH is 2. The second-order valence-electron chi connectivity index (χ2n) is 4.91. The quantitative estimate of drug-likeness (QED) is 0.207. The third-order valence-corrected chi connectivity index (χ3v) is 3.57. The number of anilines is 3. The molecule has 2 rings (SSSR count). The number of hydrogen-bond donors (Lipinski definition) is 5. The van der Waals surface area contributed by atoms with Crippen LogP contribution >= 0.6 is 0 Å². The number of aromatic nitrogens is 2. The Bertz CT molecular complexity index is 521. The summed E-state index contributed by atoms with van der Waals surface area (Å²) in [6, 6.07) is 0. The molecule has 130 valence electrons. The van der Waals surface area contributed by atoms with Crippen LogP contribution in [-0.4, -0.2) is 65.7 Å². The Balaban J connectivity index is 2.13. The van der Waals surface area contributed by atoms with Crippen molar-refractivity contribution >= 4 is 17.3 Å². The molecule has 1 aromatic rings. The molecule has 0 spiro atoms. The standard InChI is InChI=1S/C12H22N6O5/c1-21-6(3-4-23-22-2)8(19)11(20)18-10-7(17-12(18)14)9(13)15-5-16-10/h5-6,8,11-12,17,19-20H,3-4,14H2,1-2H3,(H2,13,15,16). The molecule has 11 heteroatoms. The fourth-order valence-corrected chi connectivity index (χ4v) is 2.39. The molecule has 1 aromatic heterocycles. The van der Waals surface area contributed by atoms with Crippen LogP contribution in [-0.2, 0) is 14.5 Å². The largest absolute Gasteiger partial charge is 0.386 e. The molecule has 0 radical (unpaired) electrons. The van der Waals surface area contributed by atoms with Crippen molar-refractivity contribution in [2.24, 2.45) is 5.73 Å². The lowest BCUT2D eigenvalue weighted by atomic mass is 10.1. The highest BCUT2D eigenvalue weighted by Crippen LogP contribution is 2.36. The molecule has 1 aliphatic heterocycles. The summed E-state index contributed by atoms with van der Waals surface area (Å²) in [5.41, 5.74) is 12.1. The minimum atomic E-state index is -1.37. The molecule has 0 aromatic carbocycles. The van der Waals surface area contributed by atoms with Crippen LogP contribution in [0.5, 0.6) is 0 Å². The summed E-state index contributed by atoms with van der Waals surface area (Å²) in [5, 5.41) is 23.7. The molecular formula is C12H22N6O5. The van der Waals surface area contributed by atoms with Gasteiger partial charge in [-0.25, -0.2) is 19.7 Å². The molecule has 0 fully saturated rings. The molecule has 0 saturated carbocycles. The third-order valence-electron chi connectivity index (χ3n) is 3.57. The Morgan fingerprint density at radius 3 is 2.78 bits per heavy atom. The lowest BCUT2D eigenvalue weighted by Crippen LogP contribution is -2.56. The van der Waals surface area contributed by atoms with Crippen LogP contribution in [0.25, 0.3) is 0 Å². The number of hydrogen-bond acceptors (Lipinski definition) is 11. The zero-order valence-electron chi connectivity index (χ0n) is 12.9. The summed E-state index contributed by atoms with van der Waals surface area (Å²) in [7, 11) is 2.80. The van der Waals surface area contributed by atoms with E-state index in [9.17, 15) is 10.2 Å². The maximum Gasteiger partial charge on any atom is 0.162 e. The Labute approximate surface area is 133 Å². The maximum absolute atomic E-state index is 10.5. The summed E-state index contributed by atoms with van der Waals surface area (Å²) in [6.45, 7) is 0.189. The van der Waals surface area contributed by atoms with Crippen molar-refractivity contribution in [2.45, 2.75) is 31.1 Å². The number of aliphatic hydroxyl groups is 2. The first-order chi connectivity index (χ1) is 11.0. The highest BCUT2D eigenvalue weighted by Gasteiger charge is 2.39. The molecule has 2 heterocycles. The van der Waals surface area contributed by atoms with Crippen LogP contribution in [0.15, 0.2) is 6.33 Å². The number of nitrogens with two attached hydrogens (primary N) is 2. The summed E-state index contributed by atoms with van der Waals surface area (Å²) in [6.07, 6.45) is -2.61. The van der Waals surface area contributed by atoms with Crippen molar-refractivity contribution in [2.75, 3.05) is 36.8 Å². The van der Waals surface area contributed by atoms with E-state index in [4.69, 9.17) is 21.1 Å². The number of methoxy groups -OCH3 is 1. The SMILES string of the molecule is COOCCC(OC)C(O)C(O)N1c2ncnc(N)c2NC1N. The zero-order valence-corrected chi connectivity index (χ0v) is 12.9. The van der Waals surface area contributed by atoms with E-state index in [1.54, 1.807) is 0 Å². The van der Waals surface area contributed by atoms with E-state index >= 15 is 0 Å². The first-order valence-electron chi connectivity index (χ1n) is 6.96. The van der Waals surface area contributed by atoms with Gasteiger partial charge in [0.05, 0.1) is 19.8 Å². The Hall–Kier alpha value is -1.76. The molecule has 23 heavy (non-hydrogen) atoms. The first kappa shape index (κ1) is 17.6. The van der Waals surface area contributed by atoms with Crippen molar-refractivity contribution in [1.29, 1.82) is 0 Å². The number of nitrogen functional groups attached to an aromatic ring is 1. The number of nitrogens with zero attached hydrogens (tertiary/aromatic N) is 3. The minimum absolute atomic E-state index is 0.189. The van der Waals surface area contributed by atoms with E-state index in [2.05, 4.69) is 20.2 Å². The molecule has 0 saturated heterocycles. The van der Waals surface area contributed by atoms with Gasteiger partial charge in [0.15, 0.2) is 24.2 Å². The third kappa shape index (κ3) is 3.60. The van der Waals surface area contributed by atoms with E-state index < -0.39 is 24.7 Å². The topological polar surface area (TPSA) is 161 Å². The molecule has 0 bridgehead atoms. The van der Waals surface area contributed by atoms with Gasteiger partial charge in [-0.1, -0.05) is 0 Å². The van der Waals surface area contributed by atoms with Gasteiger partial charge in [0.1, 0.15) is 18.1 Å². The van der Waals surface area contributed by atoms with Crippen molar-refractivity contribution < 1.29 is 24.7 Å². The van der Waals surface area contributed by atoms with Gasteiger partial charge in [-0.15, -0.1) is 0 Å². The van der Waals surface area contributed by atoms with Gasteiger partial charge in [0.25, 0.3) is 0 Å². The second kappa shape index (κ2) is 7.68. The summed E-state index contributed by atoms with van der Waals surface area (Å²) in [4.78, 5) is 18.4. The highest BCUT2D eigenvalue weighted by atomic mass is 17.2. The zero-order chi connectivity index (χ0) is 17.0. The predicted octanol–water partition coefficient (Wildman–Crippen LogP) is -1.80. The fraction of sp³-hybridized carbons (Fsp3) is 0.667. The van der Waals surface area contributed by atoms with E-state index in [0.717, 1.165) is 0 Å². The maximum atomic E-state index is 10.5. The molecule has 7 N–H and O–H groups in total. The van der Waals surface area contributed by atoms with Crippen LogP contribution in [0.1, 0.15) is 6.42 Å². The van der Waals surface area contributed by atoms with Crippen molar-refractivity contribution in [3.05, 3.63) is 6.33 Å². The Morgan fingerprint density at radius 2 is 2.13 bits per heavy atom. The molecule has 1 aliphatic rings. The average Bonchev–Trinajstić information content (AvgIpc) is 2.88. The summed E-state index contributed by atoms with van der Waals surface area (Å²) < 4.78 is 5.20. The summed E-state index contributed by atoms with van der Waals surface area (Å²) >= 11 is 0. The van der Waals surface area contributed by atoms with E-state index in [0.29, 0.717) is 17.9 Å². The van der Waals surface area contributed by atoms with Crippen LogP contribution < -0.4 is 21.7 Å². The van der Waals surface area contributed by atoms with Gasteiger partial charge in [-0.2, -0.15) is 0 Å². The normalized spacial score (nSPS) is 20.7. The lowest BCUT2D eigenvalue weighted by molar-refractivity contribution is -0.277. The van der Waals surface area contributed by atoms with Crippen LogP contribution in [0.4, 0.5) is 17.3 Å². The van der Waals surface area contributed by atoms with Crippen LogP contribution in [0, 0.1) is 0 Å². The van der Waals surface area contributed by atoms with Crippen LogP contribution in [0.2, 0.25) is 0 Å². The van der Waals surface area contributed by atoms with Crippen LogP contribution in [0.3, 0.4) is 0 Å². The van der Waals surface area contributed by atoms with Gasteiger partial charge < -0.3 is 26.0 Å². The van der Waals surface area contributed by atoms with E-state index in [1.807, 2.05) is 0 Å². The fourth-order valence-electron chi connectivity index (χ4n) is 2.39. The molecule has 0 aliphatic carbocycles. The smallest absolute Gasteiger partial charge is 0.162 e. The number of nitrogens with one attached hydrogen (secondary N) is 1. The second-order valence-corrected chi connectivity index (χ2v) is 4.91. The summed E-state index contributed by atoms with van der Waals surface area (Å²) in [5.74, 6) is 0.506. The van der Waals surface area contributed by atoms with Crippen molar-refractivity contribution in [3.8, 4) is 0 Å². The average molecular weight is 330 g/mol. The van der Waals surface area contributed by atoms with Gasteiger partial charge >= 0.3 is 0 Å². The number of rotatable bonds is 8. The number of ether oxygens (including phenoxy) is 1. The highest BCUT2D eigenvalue weighted by molar-refractivity contribution is 5.80. The molecule has 4 atom stereocenters. The van der Waals surface area contributed by atoms with E-state index in [1.165, 1.54) is 25.4 Å². The molecule has 4 unspecified atom stereocenters. The van der Waals surface area contributed by atoms with E-state index in [-0.39, 0.29) is 12.4 Å². The first-order valence-corrected chi connectivity index (χ1v) is 6.96. The van der Waals surface area contributed by atoms with Gasteiger partial charge in [0, 0.05) is 13.5 Å². The monoisotopic (exact) mass is 330 g/mol. The Morgan fingerprint density at radius 1 is 1.39 bits per heavy atom. The molecular weight excluding hydrogens is 308 g/mol. The molecule has 11 nitrogen and oxygen atoms in total. The van der Waals surface area contributed by atoms with Gasteiger partial charge in [0.2, 0.25) is 0 Å². The van der Waals surface area contributed by atoms with Crippen molar-refractivity contribution in [1.82, 2.24) is 9.97 Å². The Kier molecular flexibility index (Phi) is 5.87. The minimum Gasteiger partial charge on any atom is -0.386 e. The van der Waals surface area contributed by atoms with Crippen molar-refractivity contribution in [3.63, 3.8) is 0 Å².